The van der Waals surface area contributed by atoms with Crippen LogP contribution in [0, 0.1) is 11.7 Å². The van der Waals surface area contributed by atoms with Crippen molar-refractivity contribution in [1.82, 2.24) is 15.5 Å². The number of nitrogens with one attached hydrogen (secondary N) is 2. The van der Waals surface area contributed by atoms with Gasteiger partial charge in [0.05, 0.1) is 6.54 Å². The van der Waals surface area contributed by atoms with Crippen molar-refractivity contribution >= 4 is 29.9 Å². The van der Waals surface area contributed by atoms with Gasteiger partial charge in [0.2, 0.25) is 0 Å². The molecule has 136 valence electrons. The minimum atomic E-state index is -0.290. The lowest BCUT2D eigenvalue weighted by Crippen LogP contribution is -2.43. The van der Waals surface area contributed by atoms with Crippen LogP contribution in [0.4, 0.5) is 4.39 Å². The number of benzene rings is 1. The second-order valence-corrected chi connectivity index (χ2v) is 6.14. The molecule has 0 amide bonds. The molecule has 0 aliphatic carbocycles. The van der Waals surface area contributed by atoms with E-state index < -0.39 is 0 Å². The molecule has 1 aliphatic heterocycles. The Morgan fingerprint density at radius 1 is 1.46 bits per heavy atom. The lowest BCUT2D eigenvalue weighted by molar-refractivity contribution is 0.223. The van der Waals surface area contributed by atoms with E-state index in [1.807, 2.05) is 6.92 Å². The van der Waals surface area contributed by atoms with Gasteiger partial charge in [0.1, 0.15) is 17.7 Å². The van der Waals surface area contributed by atoms with Gasteiger partial charge in [-0.3, -0.25) is 4.99 Å². The van der Waals surface area contributed by atoms with Gasteiger partial charge in [-0.2, -0.15) is 0 Å². The van der Waals surface area contributed by atoms with E-state index in [9.17, 15) is 4.39 Å². The summed E-state index contributed by atoms with van der Waals surface area (Å²) >= 11 is 0. The Labute approximate surface area is 161 Å². The van der Waals surface area contributed by atoms with E-state index in [2.05, 4.69) is 27.6 Å². The second-order valence-electron chi connectivity index (χ2n) is 6.14. The molecule has 1 fully saturated rings. The molecule has 24 heavy (non-hydrogen) atoms. The first-order chi connectivity index (χ1) is 11.1. The molecule has 2 unspecified atom stereocenters. The van der Waals surface area contributed by atoms with Crippen LogP contribution >= 0.6 is 24.0 Å². The molecule has 0 bridgehead atoms. The van der Waals surface area contributed by atoms with Crippen LogP contribution in [-0.4, -0.2) is 57.2 Å². The maximum absolute atomic E-state index is 13.1. The number of nitrogens with zero attached hydrogens (tertiary/aromatic N) is 2. The summed E-state index contributed by atoms with van der Waals surface area (Å²) in [6.45, 7) is 5.75. The Balaban J connectivity index is 0.00000288. The van der Waals surface area contributed by atoms with E-state index in [1.165, 1.54) is 18.6 Å². The number of halogens is 2. The smallest absolute Gasteiger partial charge is 0.191 e. The van der Waals surface area contributed by atoms with Crippen LogP contribution < -0.4 is 15.4 Å². The molecule has 2 atom stereocenters. The highest BCUT2D eigenvalue weighted by Gasteiger charge is 2.19. The molecule has 1 aromatic rings. The Morgan fingerprint density at radius 2 is 2.25 bits per heavy atom. The molecule has 0 spiro atoms. The number of hydrogen-bond donors (Lipinski definition) is 2. The summed E-state index contributed by atoms with van der Waals surface area (Å²) in [6, 6.07) is 6.19. The van der Waals surface area contributed by atoms with Crippen molar-refractivity contribution in [3.8, 4) is 5.75 Å². The maximum atomic E-state index is 13.1. The third-order valence-corrected chi connectivity index (χ3v) is 3.96. The summed E-state index contributed by atoms with van der Waals surface area (Å²) < 4.78 is 18.8. The molecule has 1 saturated heterocycles. The highest BCUT2D eigenvalue weighted by atomic mass is 127. The van der Waals surface area contributed by atoms with Gasteiger partial charge in [0.25, 0.3) is 0 Å². The van der Waals surface area contributed by atoms with E-state index in [0.29, 0.717) is 18.2 Å². The number of ether oxygens (including phenoxy) is 1. The van der Waals surface area contributed by atoms with Crippen LogP contribution in [0.2, 0.25) is 0 Å². The molecular weight excluding hydrogens is 422 g/mol. The highest BCUT2D eigenvalue weighted by Crippen LogP contribution is 2.14. The van der Waals surface area contributed by atoms with Gasteiger partial charge in [-0.1, -0.05) is 6.07 Å². The fraction of sp³-hybridized carbons (Fsp3) is 0.588. The lowest BCUT2D eigenvalue weighted by Gasteiger charge is -2.19. The van der Waals surface area contributed by atoms with Crippen molar-refractivity contribution in [3.63, 3.8) is 0 Å². The summed E-state index contributed by atoms with van der Waals surface area (Å²) in [4.78, 5) is 6.57. The summed E-state index contributed by atoms with van der Waals surface area (Å²) in [5.41, 5.74) is 0. The standard InChI is InChI=1S/C17H27FN4O.HI/c1-13(23-16-6-4-5-15(18)9-16)10-20-17(19-2)21-11-14-7-8-22(3)12-14;/h4-6,9,13-14H,7-8,10-12H2,1-3H3,(H2,19,20,21);1H. The topological polar surface area (TPSA) is 48.9 Å². The zero-order valence-corrected chi connectivity index (χ0v) is 16.9. The van der Waals surface area contributed by atoms with E-state index in [4.69, 9.17) is 4.74 Å². The first kappa shape index (κ1) is 21.0. The third-order valence-electron chi connectivity index (χ3n) is 3.96. The first-order valence-corrected chi connectivity index (χ1v) is 8.12. The van der Waals surface area contributed by atoms with Crippen LogP contribution in [0.3, 0.4) is 0 Å². The van der Waals surface area contributed by atoms with Crippen LogP contribution in [0.25, 0.3) is 0 Å². The van der Waals surface area contributed by atoms with Gasteiger partial charge in [0, 0.05) is 26.2 Å². The van der Waals surface area contributed by atoms with Crippen molar-refractivity contribution in [1.29, 1.82) is 0 Å². The van der Waals surface area contributed by atoms with Crippen molar-refractivity contribution in [2.75, 3.05) is 40.3 Å². The van der Waals surface area contributed by atoms with Gasteiger partial charge in [-0.25, -0.2) is 4.39 Å². The zero-order chi connectivity index (χ0) is 16.7. The normalized spacial score (nSPS) is 19.5. The number of guanidine groups is 1. The van der Waals surface area contributed by atoms with E-state index in [0.717, 1.165) is 25.6 Å². The summed E-state index contributed by atoms with van der Waals surface area (Å²) in [5.74, 6) is 1.69. The van der Waals surface area contributed by atoms with Crippen LogP contribution in [0.5, 0.6) is 5.75 Å². The maximum Gasteiger partial charge on any atom is 0.191 e. The zero-order valence-electron chi connectivity index (χ0n) is 14.6. The monoisotopic (exact) mass is 450 g/mol. The van der Waals surface area contributed by atoms with Gasteiger partial charge in [0.15, 0.2) is 5.96 Å². The molecular formula is C17H28FIN4O. The molecule has 0 radical (unpaired) electrons. The fourth-order valence-corrected chi connectivity index (χ4v) is 2.71. The Bertz CT molecular complexity index is 529. The number of rotatable bonds is 6. The van der Waals surface area contributed by atoms with Crippen LogP contribution in [0.15, 0.2) is 29.3 Å². The molecule has 2 rings (SSSR count). The average Bonchev–Trinajstić information content (AvgIpc) is 2.93. The number of likely N-dealkylation sites (tertiary alicyclic amines) is 1. The summed E-state index contributed by atoms with van der Waals surface area (Å²) in [7, 11) is 3.91. The molecule has 5 nitrogen and oxygen atoms in total. The van der Waals surface area contributed by atoms with Crippen molar-refractivity contribution in [3.05, 3.63) is 30.1 Å². The summed E-state index contributed by atoms with van der Waals surface area (Å²) in [6.07, 6.45) is 1.13. The van der Waals surface area contributed by atoms with E-state index in [-0.39, 0.29) is 35.9 Å². The van der Waals surface area contributed by atoms with Crippen molar-refractivity contribution in [2.24, 2.45) is 10.9 Å². The van der Waals surface area contributed by atoms with Crippen LogP contribution in [-0.2, 0) is 0 Å². The highest BCUT2D eigenvalue weighted by molar-refractivity contribution is 14.0. The fourth-order valence-electron chi connectivity index (χ4n) is 2.71. The molecule has 0 saturated carbocycles. The predicted molar refractivity (Wildman–Crippen MR) is 107 cm³/mol. The van der Waals surface area contributed by atoms with Crippen molar-refractivity contribution < 1.29 is 9.13 Å². The van der Waals surface area contributed by atoms with Gasteiger partial charge in [-0.15, -0.1) is 24.0 Å². The largest absolute Gasteiger partial charge is 0.489 e. The lowest BCUT2D eigenvalue weighted by atomic mass is 10.1. The quantitative estimate of drug-likeness (QED) is 0.397. The van der Waals surface area contributed by atoms with E-state index in [1.54, 1.807) is 19.2 Å². The Morgan fingerprint density at radius 3 is 2.88 bits per heavy atom. The second kappa shape index (κ2) is 10.7. The van der Waals surface area contributed by atoms with E-state index >= 15 is 0 Å². The van der Waals surface area contributed by atoms with Gasteiger partial charge < -0.3 is 20.3 Å². The van der Waals surface area contributed by atoms with Crippen molar-refractivity contribution in [2.45, 2.75) is 19.4 Å². The number of aliphatic imine (C=N–C) groups is 1. The minimum absolute atomic E-state index is 0. The van der Waals surface area contributed by atoms with Gasteiger partial charge in [-0.05, 0) is 45.0 Å². The predicted octanol–water partition coefficient (Wildman–Crippen LogP) is 2.33. The van der Waals surface area contributed by atoms with Crippen LogP contribution in [0.1, 0.15) is 13.3 Å². The third kappa shape index (κ3) is 7.21. The molecule has 2 N–H and O–H groups in total. The molecule has 0 aromatic heterocycles. The molecule has 7 heteroatoms. The molecule has 1 aromatic carbocycles. The summed E-state index contributed by atoms with van der Waals surface area (Å²) in [5, 5.41) is 6.60. The first-order valence-electron chi connectivity index (χ1n) is 8.12. The average molecular weight is 450 g/mol. The molecule has 1 heterocycles. The minimum Gasteiger partial charge on any atom is -0.489 e. The van der Waals surface area contributed by atoms with Gasteiger partial charge >= 0.3 is 0 Å². The Hall–Kier alpha value is -1.09. The Kier molecular flexibility index (Phi) is 9.35. The molecule has 1 aliphatic rings. The SMILES string of the molecule is CN=C(NCC1CCN(C)C1)NCC(C)Oc1cccc(F)c1.I. The number of hydrogen-bond acceptors (Lipinski definition) is 3.